The summed E-state index contributed by atoms with van der Waals surface area (Å²) in [6.45, 7) is 9.96. The summed E-state index contributed by atoms with van der Waals surface area (Å²) in [6, 6.07) is -0.254. The van der Waals surface area contributed by atoms with Gasteiger partial charge in [-0.1, -0.05) is 32.4 Å². The van der Waals surface area contributed by atoms with Crippen LogP contribution in [0, 0.1) is 45.3 Å². The number of hydrogen-bond donors (Lipinski definition) is 0. The predicted molar refractivity (Wildman–Crippen MR) is 117 cm³/mol. The lowest BCUT2D eigenvalue weighted by atomic mass is 9.43. The van der Waals surface area contributed by atoms with Gasteiger partial charge in [0.15, 0.2) is 0 Å². The first-order valence-electron chi connectivity index (χ1n) is 12.3. The van der Waals surface area contributed by atoms with E-state index in [1.54, 1.807) is 0 Å². The Labute approximate surface area is 186 Å². The van der Waals surface area contributed by atoms with Gasteiger partial charge in [-0.25, -0.2) is 0 Å². The molecule has 5 unspecified atom stereocenters. The zero-order valence-electron chi connectivity index (χ0n) is 19.8. The molecule has 4 aliphatic carbocycles. The summed E-state index contributed by atoms with van der Waals surface area (Å²) in [7, 11) is 0. The molecule has 0 heterocycles. The van der Waals surface area contributed by atoms with Crippen LogP contribution >= 0.6 is 0 Å². The molecule has 6 heteroatoms. The first kappa shape index (κ1) is 22.7. The Morgan fingerprint density at radius 1 is 0.871 bits per heavy atom. The molecule has 4 saturated carbocycles. The van der Waals surface area contributed by atoms with Crippen molar-refractivity contribution in [1.29, 1.82) is 0 Å². The van der Waals surface area contributed by atoms with E-state index in [2.05, 4.69) is 25.9 Å². The number of carbonyl (C=O) groups is 2. The van der Waals surface area contributed by atoms with Gasteiger partial charge >= 0.3 is 11.9 Å². The van der Waals surface area contributed by atoms with E-state index in [0.717, 1.165) is 25.7 Å². The quantitative estimate of drug-likeness (QED) is 0.445. The third-order valence-corrected chi connectivity index (χ3v) is 10.1. The van der Waals surface area contributed by atoms with Crippen LogP contribution in [0.15, 0.2) is 5.18 Å². The Balaban J connectivity index is 1.80. The molecule has 0 radical (unpaired) electrons. The number of rotatable bonds is 4. The maximum absolute atomic E-state index is 12.2. The van der Waals surface area contributed by atoms with Gasteiger partial charge < -0.3 is 9.47 Å². The van der Waals surface area contributed by atoms with Gasteiger partial charge in [-0.3, -0.25) is 9.59 Å². The Hall–Kier alpha value is -1.46. The molecule has 4 fully saturated rings. The number of carbonyl (C=O) groups excluding carboxylic acids is 2. The third-order valence-electron chi connectivity index (χ3n) is 10.1. The van der Waals surface area contributed by atoms with E-state index in [0.29, 0.717) is 24.2 Å². The molecule has 0 bridgehead atoms. The Kier molecular flexibility index (Phi) is 5.97. The van der Waals surface area contributed by atoms with Crippen molar-refractivity contribution in [3.63, 3.8) is 0 Å². The molecular formula is C25H39NO5. The monoisotopic (exact) mass is 433 g/mol. The molecular weight excluding hydrogens is 394 g/mol. The van der Waals surface area contributed by atoms with E-state index in [1.165, 1.54) is 33.1 Å². The van der Waals surface area contributed by atoms with Crippen molar-refractivity contribution in [3.8, 4) is 0 Å². The first-order valence-corrected chi connectivity index (χ1v) is 12.3. The van der Waals surface area contributed by atoms with Crippen molar-refractivity contribution in [1.82, 2.24) is 0 Å². The highest BCUT2D eigenvalue weighted by molar-refractivity contribution is 5.67. The summed E-state index contributed by atoms with van der Waals surface area (Å²) < 4.78 is 12.0. The van der Waals surface area contributed by atoms with Gasteiger partial charge in [-0.05, 0) is 73.5 Å². The molecule has 0 aliphatic heterocycles. The number of ether oxygens (including phenoxy) is 2. The van der Waals surface area contributed by atoms with Crippen molar-refractivity contribution in [3.05, 3.63) is 4.91 Å². The van der Waals surface area contributed by atoms with E-state index < -0.39 is 12.2 Å². The Morgan fingerprint density at radius 3 is 2.10 bits per heavy atom. The maximum Gasteiger partial charge on any atom is 0.303 e. The fraction of sp³-hybridized carbons (Fsp3) is 0.920. The second-order valence-electron chi connectivity index (χ2n) is 11.3. The number of fused-ring (bicyclic) bond motifs is 5. The van der Waals surface area contributed by atoms with Crippen molar-refractivity contribution >= 4 is 11.9 Å². The second kappa shape index (κ2) is 8.15. The molecule has 0 saturated heterocycles. The summed E-state index contributed by atoms with van der Waals surface area (Å²) in [6.07, 6.45) is 7.27. The van der Waals surface area contributed by atoms with Crippen LogP contribution in [0.25, 0.3) is 0 Å². The molecule has 0 aromatic carbocycles. The van der Waals surface area contributed by atoms with Gasteiger partial charge in [0, 0.05) is 25.7 Å². The molecule has 10 atom stereocenters. The summed E-state index contributed by atoms with van der Waals surface area (Å²) >= 11 is 0. The molecule has 174 valence electrons. The highest BCUT2D eigenvalue weighted by atomic mass is 16.6. The van der Waals surface area contributed by atoms with Crippen LogP contribution in [0.3, 0.4) is 0 Å². The summed E-state index contributed by atoms with van der Waals surface area (Å²) in [4.78, 5) is 35.8. The number of esters is 2. The lowest BCUT2D eigenvalue weighted by Gasteiger charge is -2.64. The minimum absolute atomic E-state index is 0.00817. The zero-order valence-corrected chi connectivity index (χ0v) is 19.8. The SMILES string of the molecule is CC[C@H]1CCC2C3C(CC[C@@]21C)[C@@]1(C)CCC(N=O)CC1[C@@H](OC(C)=O)[C@@H]3OC(C)=O. The fourth-order valence-electron chi connectivity index (χ4n) is 8.74. The molecule has 0 N–H and O–H groups in total. The van der Waals surface area contributed by atoms with Crippen LogP contribution in [-0.4, -0.2) is 30.2 Å². The molecule has 4 rings (SSSR count). The van der Waals surface area contributed by atoms with Gasteiger partial charge in [-0.15, -0.1) is 0 Å². The number of nitroso groups, excluding NO2 is 1. The van der Waals surface area contributed by atoms with Crippen LogP contribution in [0.5, 0.6) is 0 Å². The number of hydrogen-bond acceptors (Lipinski definition) is 6. The van der Waals surface area contributed by atoms with Crippen molar-refractivity contribution in [2.45, 2.75) is 104 Å². The molecule has 6 nitrogen and oxygen atoms in total. The van der Waals surface area contributed by atoms with Gasteiger partial charge in [0.05, 0.1) is 6.04 Å². The van der Waals surface area contributed by atoms with Crippen molar-refractivity contribution in [2.24, 2.45) is 45.6 Å². The summed E-state index contributed by atoms with van der Waals surface area (Å²) in [5, 5.41) is 3.36. The maximum atomic E-state index is 12.2. The van der Waals surface area contributed by atoms with E-state index in [1.807, 2.05) is 0 Å². The third kappa shape index (κ3) is 3.52. The standard InChI is InChI=1S/C25H39NO5/c1-6-16-7-8-18-21-19(10-12-24(16,18)4)25(5)11-9-17(26-29)13-20(25)22(30-14(2)27)23(21)31-15(3)28/h16-23H,6-13H2,1-5H3/t16-,17?,18?,19?,20?,21?,22+,23+,24+,25+/m0/s1. The minimum atomic E-state index is -0.500. The molecule has 31 heavy (non-hydrogen) atoms. The van der Waals surface area contributed by atoms with Crippen LogP contribution in [0.4, 0.5) is 0 Å². The molecule has 0 aromatic rings. The summed E-state index contributed by atoms with van der Waals surface area (Å²) in [5.74, 6) is 1.11. The average Bonchev–Trinajstić information content (AvgIpc) is 3.05. The highest BCUT2D eigenvalue weighted by Gasteiger charge is 2.66. The van der Waals surface area contributed by atoms with E-state index in [9.17, 15) is 14.5 Å². The Bertz CT molecular complexity index is 739. The van der Waals surface area contributed by atoms with Gasteiger partial charge in [0.25, 0.3) is 0 Å². The highest BCUT2D eigenvalue weighted by Crippen LogP contribution is 2.68. The van der Waals surface area contributed by atoms with E-state index in [-0.39, 0.29) is 40.6 Å². The van der Waals surface area contributed by atoms with E-state index >= 15 is 0 Å². The van der Waals surface area contributed by atoms with Gasteiger partial charge in [-0.2, -0.15) is 4.91 Å². The van der Waals surface area contributed by atoms with Crippen LogP contribution in [-0.2, 0) is 19.1 Å². The van der Waals surface area contributed by atoms with Crippen LogP contribution in [0.2, 0.25) is 0 Å². The lowest BCUT2D eigenvalue weighted by Crippen LogP contribution is -2.65. The topological polar surface area (TPSA) is 82.0 Å². The largest absolute Gasteiger partial charge is 0.458 e. The smallest absolute Gasteiger partial charge is 0.303 e. The van der Waals surface area contributed by atoms with Crippen molar-refractivity contribution in [2.75, 3.05) is 0 Å². The molecule has 0 spiro atoms. The first-order chi connectivity index (χ1) is 14.7. The van der Waals surface area contributed by atoms with Crippen LogP contribution < -0.4 is 0 Å². The zero-order chi connectivity index (χ0) is 22.6. The Morgan fingerprint density at radius 2 is 1.48 bits per heavy atom. The fourth-order valence-corrected chi connectivity index (χ4v) is 8.74. The predicted octanol–water partition coefficient (Wildman–Crippen LogP) is 5.27. The molecule has 4 aliphatic rings. The number of nitrogens with zero attached hydrogens (tertiary/aromatic N) is 1. The second-order valence-corrected chi connectivity index (χ2v) is 11.3. The molecule has 0 aromatic heterocycles. The minimum Gasteiger partial charge on any atom is -0.458 e. The van der Waals surface area contributed by atoms with Crippen molar-refractivity contribution < 1.29 is 19.1 Å². The van der Waals surface area contributed by atoms with Crippen LogP contribution in [0.1, 0.15) is 86.0 Å². The molecule has 0 amide bonds. The van der Waals surface area contributed by atoms with Gasteiger partial charge in [0.2, 0.25) is 0 Å². The van der Waals surface area contributed by atoms with Gasteiger partial charge in [0.1, 0.15) is 12.2 Å². The normalized spacial score (nSPS) is 48.7. The van der Waals surface area contributed by atoms with E-state index in [4.69, 9.17) is 9.47 Å². The summed E-state index contributed by atoms with van der Waals surface area (Å²) in [5.41, 5.74) is 0.216. The average molecular weight is 434 g/mol. The lowest BCUT2D eigenvalue weighted by molar-refractivity contribution is -0.236.